The molecule has 0 unspecified atom stereocenters. The van der Waals surface area contributed by atoms with Gasteiger partial charge in [-0.1, -0.05) is 6.07 Å². The second-order valence-electron chi connectivity index (χ2n) is 6.23. The van der Waals surface area contributed by atoms with Crippen LogP contribution in [0.2, 0.25) is 0 Å². The van der Waals surface area contributed by atoms with Crippen molar-refractivity contribution in [1.82, 2.24) is 14.9 Å². The maximum absolute atomic E-state index is 12.6. The van der Waals surface area contributed by atoms with Crippen molar-refractivity contribution < 1.29 is 9.53 Å². The zero-order valence-corrected chi connectivity index (χ0v) is 14.7. The summed E-state index contributed by atoms with van der Waals surface area (Å²) in [5.74, 6) is 0.152. The van der Waals surface area contributed by atoms with E-state index in [1.54, 1.807) is 6.20 Å². The first kappa shape index (κ1) is 17.4. The molecule has 1 N–H and O–H groups in total. The number of carbonyl (C=O) groups excluding carboxylic acids is 1. The summed E-state index contributed by atoms with van der Waals surface area (Å²) in [6, 6.07) is 7.87. The van der Waals surface area contributed by atoms with E-state index in [1.807, 2.05) is 49.3 Å². The van der Waals surface area contributed by atoms with Crippen LogP contribution in [0.5, 0.6) is 0 Å². The molecule has 0 bridgehead atoms. The number of aromatic nitrogens is 2. The van der Waals surface area contributed by atoms with Crippen LogP contribution in [0.3, 0.4) is 0 Å². The molecule has 3 rings (SSSR count). The molecule has 2 aromatic heterocycles. The lowest BCUT2D eigenvalue weighted by Crippen LogP contribution is -2.42. The van der Waals surface area contributed by atoms with E-state index in [4.69, 9.17) is 4.74 Å². The van der Waals surface area contributed by atoms with E-state index in [-0.39, 0.29) is 12.0 Å². The molecule has 6 heteroatoms. The zero-order valence-electron chi connectivity index (χ0n) is 14.7. The van der Waals surface area contributed by atoms with E-state index in [2.05, 4.69) is 15.3 Å². The third-order valence-corrected chi connectivity index (χ3v) is 4.36. The Morgan fingerprint density at radius 3 is 3.08 bits per heavy atom. The van der Waals surface area contributed by atoms with Crippen molar-refractivity contribution in [2.45, 2.75) is 25.9 Å². The minimum absolute atomic E-state index is 0.152. The Balaban J connectivity index is 1.62. The van der Waals surface area contributed by atoms with Gasteiger partial charge in [0.2, 0.25) is 5.91 Å². The lowest BCUT2D eigenvalue weighted by Gasteiger charge is -2.33. The predicted molar refractivity (Wildman–Crippen MR) is 96.4 cm³/mol. The summed E-state index contributed by atoms with van der Waals surface area (Å²) >= 11 is 0. The highest BCUT2D eigenvalue weighted by Crippen LogP contribution is 2.24. The van der Waals surface area contributed by atoms with Gasteiger partial charge in [0.25, 0.3) is 0 Å². The molecule has 25 heavy (non-hydrogen) atoms. The highest BCUT2D eigenvalue weighted by molar-refractivity contribution is 5.76. The van der Waals surface area contributed by atoms with Crippen LogP contribution in [-0.4, -0.2) is 47.5 Å². The molecule has 132 valence electrons. The van der Waals surface area contributed by atoms with Crippen molar-refractivity contribution in [2.75, 3.05) is 32.1 Å². The Morgan fingerprint density at radius 2 is 2.32 bits per heavy atom. The lowest BCUT2D eigenvalue weighted by molar-refractivity contribution is -0.139. The van der Waals surface area contributed by atoms with Gasteiger partial charge in [0.15, 0.2) is 0 Å². The number of aryl methyl sites for hydroxylation is 2. The van der Waals surface area contributed by atoms with E-state index < -0.39 is 0 Å². The van der Waals surface area contributed by atoms with E-state index in [1.165, 1.54) is 0 Å². The zero-order chi connectivity index (χ0) is 17.6. The molecule has 1 aliphatic rings. The number of pyridine rings is 2. The molecule has 0 aromatic carbocycles. The molecular formula is C19H24N4O2. The molecule has 0 spiro atoms. The van der Waals surface area contributed by atoms with Gasteiger partial charge in [-0.2, -0.15) is 0 Å². The van der Waals surface area contributed by atoms with Gasteiger partial charge >= 0.3 is 0 Å². The number of rotatable bonds is 5. The first-order valence-corrected chi connectivity index (χ1v) is 8.60. The number of morpholine rings is 1. The quantitative estimate of drug-likeness (QED) is 0.905. The van der Waals surface area contributed by atoms with Gasteiger partial charge < -0.3 is 15.0 Å². The van der Waals surface area contributed by atoms with Crippen LogP contribution >= 0.6 is 0 Å². The average molecular weight is 340 g/mol. The Hall–Kier alpha value is -2.47. The summed E-state index contributed by atoms with van der Waals surface area (Å²) in [6.07, 6.45) is 4.57. The molecule has 1 saturated heterocycles. The molecule has 3 heterocycles. The van der Waals surface area contributed by atoms with E-state index in [9.17, 15) is 4.79 Å². The van der Waals surface area contributed by atoms with Crippen LogP contribution < -0.4 is 5.32 Å². The Labute approximate surface area is 148 Å². The number of ether oxygens (including phenoxy) is 1. The molecule has 1 aliphatic heterocycles. The van der Waals surface area contributed by atoms with Gasteiger partial charge in [-0.05, 0) is 37.1 Å². The number of hydrogen-bond acceptors (Lipinski definition) is 5. The number of anilines is 1. The normalized spacial score (nSPS) is 17.4. The van der Waals surface area contributed by atoms with Crippen molar-refractivity contribution >= 4 is 11.6 Å². The van der Waals surface area contributed by atoms with Gasteiger partial charge in [0, 0.05) is 43.8 Å². The maximum atomic E-state index is 12.6. The van der Waals surface area contributed by atoms with Gasteiger partial charge in [-0.15, -0.1) is 0 Å². The van der Waals surface area contributed by atoms with Crippen LogP contribution in [0.25, 0.3) is 0 Å². The first-order valence-electron chi connectivity index (χ1n) is 8.60. The monoisotopic (exact) mass is 340 g/mol. The highest BCUT2D eigenvalue weighted by Gasteiger charge is 2.26. The standard InChI is InChI=1S/C19H24N4O2/c1-14-10-16(20-2)11-17(22-14)18-13-23(8-9-25-18)19(24)6-5-15-4-3-7-21-12-15/h3-4,7,10-12,18H,5-6,8-9,13H2,1-2H3,(H,20,22)/t18-/m1/s1. The average Bonchev–Trinajstić information content (AvgIpc) is 2.66. The molecular weight excluding hydrogens is 316 g/mol. The second-order valence-corrected chi connectivity index (χ2v) is 6.23. The van der Waals surface area contributed by atoms with Gasteiger partial charge in [0.1, 0.15) is 6.10 Å². The van der Waals surface area contributed by atoms with Crippen molar-refractivity contribution in [2.24, 2.45) is 0 Å². The molecule has 1 atom stereocenters. The van der Waals surface area contributed by atoms with E-state index in [0.29, 0.717) is 32.5 Å². The molecule has 1 amide bonds. The van der Waals surface area contributed by atoms with Crippen LogP contribution in [0, 0.1) is 6.92 Å². The summed E-state index contributed by atoms with van der Waals surface area (Å²) in [7, 11) is 1.88. The summed E-state index contributed by atoms with van der Waals surface area (Å²) < 4.78 is 5.87. The number of amides is 1. The molecule has 2 aromatic rings. The van der Waals surface area contributed by atoms with Crippen molar-refractivity contribution in [1.29, 1.82) is 0 Å². The molecule has 0 radical (unpaired) electrons. The maximum Gasteiger partial charge on any atom is 0.223 e. The Bertz CT molecular complexity index is 721. The third-order valence-electron chi connectivity index (χ3n) is 4.36. The summed E-state index contributed by atoms with van der Waals surface area (Å²) in [5, 5.41) is 3.14. The fraction of sp³-hybridized carbons (Fsp3) is 0.421. The number of hydrogen-bond donors (Lipinski definition) is 1. The van der Waals surface area contributed by atoms with Gasteiger partial charge in [-0.25, -0.2) is 0 Å². The first-order chi connectivity index (χ1) is 12.2. The van der Waals surface area contributed by atoms with Crippen molar-refractivity contribution in [3.63, 3.8) is 0 Å². The highest BCUT2D eigenvalue weighted by atomic mass is 16.5. The van der Waals surface area contributed by atoms with Crippen LogP contribution in [-0.2, 0) is 16.0 Å². The number of carbonyl (C=O) groups is 1. The third kappa shape index (κ3) is 4.54. The number of nitrogens with one attached hydrogen (secondary N) is 1. The lowest BCUT2D eigenvalue weighted by atomic mass is 10.1. The Morgan fingerprint density at radius 1 is 1.44 bits per heavy atom. The SMILES string of the molecule is CNc1cc(C)nc([C@H]2CN(C(=O)CCc3cccnc3)CCO2)c1. The van der Waals surface area contributed by atoms with Crippen molar-refractivity contribution in [3.8, 4) is 0 Å². The smallest absolute Gasteiger partial charge is 0.223 e. The summed E-state index contributed by atoms with van der Waals surface area (Å²) in [4.78, 5) is 23.1. The molecule has 0 saturated carbocycles. The van der Waals surface area contributed by atoms with Crippen LogP contribution in [0.15, 0.2) is 36.7 Å². The topological polar surface area (TPSA) is 67.4 Å². The van der Waals surface area contributed by atoms with Gasteiger partial charge in [-0.3, -0.25) is 14.8 Å². The fourth-order valence-electron chi connectivity index (χ4n) is 3.01. The second kappa shape index (κ2) is 8.07. The minimum atomic E-state index is -0.178. The molecule has 0 aliphatic carbocycles. The van der Waals surface area contributed by atoms with E-state index in [0.717, 1.165) is 22.6 Å². The number of nitrogens with zero attached hydrogens (tertiary/aromatic N) is 3. The largest absolute Gasteiger partial charge is 0.388 e. The van der Waals surface area contributed by atoms with Crippen molar-refractivity contribution in [3.05, 3.63) is 53.6 Å². The minimum Gasteiger partial charge on any atom is -0.388 e. The molecule has 1 fully saturated rings. The fourth-order valence-corrected chi connectivity index (χ4v) is 3.01. The van der Waals surface area contributed by atoms with E-state index >= 15 is 0 Å². The summed E-state index contributed by atoms with van der Waals surface area (Å²) in [6.45, 7) is 3.68. The summed E-state index contributed by atoms with van der Waals surface area (Å²) in [5.41, 5.74) is 3.89. The Kier molecular flexibility index (Phi) is 5.60. The van der Waals surface area contributed by atoms with Crippen LogP contribution in [0.1, 0.15) is 29.5 Å². The predicted octanol–water partition coefficient (Wildman–Crippen LogP) is 2.36. The van der Waals surface area contributed by atoms with Gasteiger partial charge in [0.05, 0.1) is 18.8 Å². The van der Waals surface area contributed by atoms with Crippen LogP contribution in [0.4, 0.5) is 5.69 Å². The molecule has 6 nitrogen and oxygen atoms in total.